The molecule has 2 unspecified atom stereocenters. The molecule has 1 aromatic heterocycles. The monoisotopic (exact) mass is 460 g/mol. The van der Waals surface area contributed by atoms with Gasteiger partial charge >= 0.3 is 0 Å². The van der Waals surface area contributed by atoms with Gasteiger partial charge in [-0.2, -0.15) is 0 Å². The molecule has 164 valence electrons. The minimum absolute atomic E-state index is 0.0362. The molecule has 0 saturated carbocycles. The minimum atomic E-state index is -0.297. The Morgan fingerprint density at radius 2 is 2.13 bits per heavy atom. The molecule has 0 radical (unpaired) electrons. The number of hydrogen-bond donors (Lipinski definition) is 1. The van der Waals surface area contributed by atoms with Gasteiger partial charge in [0.1, 0.15) is 17.3 Å². The van der Waals surface area contributed by atoms with E-state index in [1.807, 2.05) is 17.9 Å². The fourth-order valence-electron chi connectivity index (χ4n) is 4.14. The number of carbonyl (C=O) groups is 1. The number of amides is 1. The van der Waals surface area contributed by atoms with Crippen molar-refractivity contribution in [1.82, 2.24) is 15.2 Å². The van der Waals surface area contributed by atoms with Crippen molar-refractivity contribution in [2.45, 2.75) is 44.5 Å². The van der Waals surface area contributed by atoms with Gasteiger partial charge in [-0.3, -0.25) is 4.79 Å². The Morgan fingerprint density at radius 3 is 2.84 bits per heavy atom. The molecule has 31 heavy (non-hydrogen) atoms. The summed E-state index contributed by atoms with van der Waals surface area (Å²) >= 11 is 7.53. The van der Waals surface area contributed by atoms with Gasteiger partial charge in [-0.05, 0) is 55.9 Å². The lowest BCUT2D eigenvalue weighted by Gasteiger charge is -2.40. The number of aryl methyl sites for hydroxylation is 1. The molecule has 3 atom stereocenters. The van der Waals surface area contributed by atoms with Gasteiger partial charge in [-0.25, -0.2) is 14.4 Å². The summed E-state index contributed by atoms with van der Waals surface area (Å²) in [6.07, 6.45) is 6.52. The topological polar surface area (TPSA) is 57.6 Å². The second-order valence-corrected chi connectivity index (χ2v) is 9.87. The molecular weight excluding hydrogens is 435 g/mol. The number of alkyl halides is 1. The quantitative estimate of drug-likeness (QED) is 0.638. The third-order valence-corrected chi connectivity index (χ3v) is 7.13. The summed E-state index contributed by atoms with van der Waals surface area (Å²) in [7, 11) is 0. The Bertz CT molecular complexity index is 1000. The van der Waals surface area contributed by atoms with Gasteiger partial charge in [-0.15, -0.1) is 22.9 Å². The molecule has 5 nitrogen and oxygen atoms in total. The van der Waals surface area contributed by atoms with Gasteiger partial charge in [0.05, 0.1) is 21.3 Å². The normalized spacial score (nSPS) is 23.5. The Kier molecular flexibility index (Phi) is 6.72. The van der Waals surface area contributed by atoms with E-state index in [4.69, 9.17) is 11.6 Å². The SMILES string of the molecule is Cc1nc(C(=O)N2CCCC(C)[C@H]2CNC2=CCC(Cl)C=N2)c(-c2ccc(F)cc2)s1. The van der Waals surface area contributed by atoms with Crippen molar-refractivity contribution in [2.24, 2.45) is 10.9 Å². The maximum Gasteiger partial charge on any atom is 0.274 e. The van der Waals surface area contributed by atoms with Crippen LogP contribution in [0.4, 0.5) is 4.39 Å². The molecular formula is C23H26ClFN4OS. The number of likely N-dealkylation sites (tertiary alicyclic amines) is 1. The summed E-state index contributed by atoms with van der Waals surface area (Å²) in [5.41, 5.74) is 1.26. The number of piperidine rings is 1. The predicted molar refractivity (Wildman–Crippen MR) is 124 cm³/mol. The second-order valence-electron chi connectivity index (χ2n) is 8.10. The number of aliphatic imine (C=N–C) groups is 1. The van der Waals surface area contributed by atoms with Crippen LogP contribution >= 0.6 is 22.9 Å². The van der Waals surface area contributed by atoms with Crippen molar-refractivity contribution in [3.63, 3.8) is 0 Å². The highest BCUT2D eigenvalue weighted by atomic mass is 35.5. The molecule has 2 aliphatic heterocycles. The summed E-state index contributed by atoms with van der Waals surface area (Å²) in [5, 5.41) is 4.15. The van der Waals surface area contributed by atoms with E-state index >= 15 is 0 Å². The molecule has 1 saturated heterocycles. The average Bonchev–Trinajstić information content (AvgIpc) is 3.15. The van der Waals surface area contributed by atoms with E-state index < -0.39 is 0 Å². The zero-order valence-electron chi connectivity index (χ0n) is 17.6. The molecule has 4 rings (SSSR count). The van der Waals surface area contributed by atoms with Crippen molar-refractivity contribution in [3.05, 3.63) is 52.7 Å². The van der Waals surface area contributed by atoms with Crippen LogP contribution in [0, 0.1) is 18.7 Å². The van der Waals surface area contributed by atoms with Crippen molar-refractivity contribution in [1.29, 1.82) is 0 Å². The summed E-state index contributed by atoms with van der Waals surface area (Å²) in [5.74, 6) is 0.796. The summed E-state index contributed by atoms with van der Waals surface area (Å²) in [6, 6.07) is 6.27. The van der Waals surface area contributed by atoms with E-state index in [0.29, 0.717) is 24.7 Å². The Labute approximate surface area is 191 Å². The Morgan fingerprint density at radius 1 is 1.35 bits per heavy atom. The van der Waals surface area contributed by atoms with Crippen molar-refractivity contribution in [2.75, 3.05) is 13.1 Å². The maximum absolute atomic E-state index is 13.6. The van der Waals surface area contributed by atoms with Crippen LogP contribution < -0.4 is 5.32 Å². The zero-order chi connectivity index (χ0) is 22.0. The van der Waals surface area contributed by atoms with Gasteiger partial charge in [0.2, 0.25) is 0 Å². The van der Waals surface area contributed by atoms with Crippen LogP contribution in [0.15, 0.2) is 41.2 Å². The van der Waals surface area contributed by atoms with E-state index in [-0.39, 0.29) is 23.1 Å². The number of rotatable bonds is 5. The van der Waals surface area contributed by atoms with Crippen molar-refractivity contribution in [3.8, 4) is 10.4 Å². The Hall–Kier alpha value is -2.25. The van der Waals surface area contributed by atoms with E-state index in [0.717, 1.165) is 40.5 Å². The second kappa shape index (κ2) is 9.49. The smallest absolute Gasteiger partial charge is 0.274 e. The minimum Gasteiger partial charge on any atom is -0.368 e. The van der Waals surface area contributed by atoms with E-state index in [9.17, 15) is 9.18 Å². The summed E-state index contributed by atoms with van der Waals surface area (Å²) in [6.45, 7) is 5.40. The third kappa shape index (κ3) is 4.99. The Balaban J connectivity index is 1.56. The molecule has 0 spiro atoms. The standard InChI is InChI=1S/C23H26ClFN4OS/c1-14-4-3-11-29(19(14)13-27-20-10-7-17(24)12-26-20)23(30)21-22(31-15(2)28-21)16-5-8-18(25)9-6-16/h5-6,8-10,12,14,17,19,27H,3-4,7,11,13H2,1-2H3/t14?,17?,19-/m1/s1. The third-order valence-electron chi connectivity index (χ3n) is 5.82. The van der Waals surface area contributed by atoms with Gasteiger partial charge in [0.25, 0.3) is 5.91 Å². The number of halogens is 2. The van der Waals surface area contributed by atoms with E-state index in [2.05, 4.69) is 22.2 Å². The number of hydrogen-bond acceptors (Lipinski definition) is 5. The van der Waals surface area contributed by atoms with Gasteiger partial charge in [-0.1, -0.05) is 19.1 Å². The molecule has 1 N–H and O–H groups in total. The molecule has 3 heterocycles. The number of nitrogens with zero attached hydrogens (tertiary/aromatic N) is 3. The number of thiazole rings is 1. The first-order valence-electron chi connectivity index (χ1n) is 10.6. The number of allylic oxidation sites excluding steroid dienone is 1. The van der Waals surface area contributed by atoms with Crippen LogP contribution in [-0.2, 0) is 0 Å². The molecule has 8 heteroatoms. The van der Waals surface area contributed by atoms with Crippen LogP contribution in [0.25, 0.3) is 10.4 Å². The fraction of sp³-hybridized carbons (Fsp3) is 0.435. The zero-order valence-corrected chi connectivity index (χ0v) is 19.2. The van der Waals surface area contributed by atoms with E-state index in [1.54, 1.807) is 18.3 Å². The number of benzene rings is 1. The highest BCUT2D eigenvalue weighted by Crippen LogP contribution is 2.33. The van der Waals surface area contributed by atoms with E-state index in [1.165, 1.54) is 23.5 Å². The van der Waals surface area contributed by atoms with Crippen LogP contribution in [0.5, 0.6) is 0 Å². The molecule has 0 aliphatic carbocycles. The first-order valence-corrected chi connectivity index (χ1v) is 11.8. The first-order chi connectivity index (χ1) is 14.9. The summed E-state index contributed by atoms with van der Waals surface area (Å²) < 4.78 is 13.4. The number of carbonyl (C=O) groups excluding carboxylic acids is 1. The van der Waals surface area contributed by atoms with Crippen LogP contribution in [0.2, 0.25) is 0 Å². The lowest BCUT2D eigenvalue weighted by molar-refractivity contribution is 0.0516. The summed E-state index contributed by atoms with van der Waals surface area (Å²) in [4.78, 5) is 25.3. The molecule has 2 aromatic rings. The molecule has 2 aliphatic rings. The van der Waals surface area contributed by atoms with Crippen molar-refractivity contribution >= 4 is 35.1 Å². The highest BCUT2D eigenvalue weighted by Gasteiger charge is 2.34. The number of nitrogens with one attached hydrogen (secondary N) is 1. The molecule has 1 aromatic carbocycles. The van der Waals surface area contributed by atoms with Crippen LogP contribution in [0.1, 0.15) is 41.7 Å². The fourth-order valence-corrected chi connectivity index (χ4v) is 5.20. The largest absolute Gasteiger partial charge is 0.368 e. The lowest BCUT2D eigenvalue weighted by Crippen LogP contribution is -2.52. The molecule has 1 amide bonds. The maximum atomic E-state index is 13.6. The lowest BCUT2D eigenvalue weighted by atomic mass is 9.90. The van der Waals surface area contributed by atoms with Crippen LogP contribution in [-0.4, -0.2) is 46.5 Å². The van der Waals surface area contributed by atoms with Gasteiger partial charge in [0, 0.05) is 19.3 Å². The predicted octanol–water partition coefficient (Wildman–Crippen LogP) is 5.01. The van der Waals surface area contributed by atoms with Gasteiger partial charge in [0.15, 0.2) is 0 Å². The highest BCUT2D eigenvalue weighted by molar-refractivity contribution is 7.15. The van der Waals surface area contributed by atoms with Gasteiger partial charge < -0.3 is 10.2 Å². The molecule has 0 bridgehead atoms. The van der Waals surface area contributed by atoms with Crippen molar-refractivity contribution < 1.29 is 9.18 Å². The molecule has 1 fully saturated rings. The first kappa shape index (κ1) is 22.0. The van der Waals surface area contributed by atoms with Crippen LogP contribution in [0.3, 0.4) is 0 Å². The number of aromatic nitrogens is 1. The average molecular weight is 461 g/mol.